The number of rotatable bonds is 12. The Kier molecular flexibility index (Phi) is 10.0. The number of likely N-dealkylation sites (N-methyl/N-ethyl adjacent to an activating group) is 1. The van der Waals surface area contributed by atoms with E-state index in [4.69, 9.17) is 4.55 Å². The van der Waals surface area contributed by atoms with Crippen molar-refractivity contribution in [1.82, 2.24) is 5.32 Å². The fourth-order valence-corrected chi connectivity index (χ4v) is 6.12. The van der Waals surface area contributed by atoms with Crippen molar-refractivity contribution in [3.8, 4) is 0 Å². The minimum Gasteiger partial charge on any atom is -0.350 e. The first-order valence-corrected chi connectivity index (χ1v) is 12.5. The van der Waals surface area contributed by atoms with Crippen LogP contribution in [0.1, 0.15) is 38.5 Å². The zero-order valence-corrected chi connectivity index (χ0v) is 17.1. The summed E-state index contributed by atoms with van der Waals surface area (Å²) in [4.78, 5) is 11.8. The number of amides is 1. The van der Waals surface area contributed by atoms with E-state index in [0.717, 1.165) is 24.6 Å². The Morgan fingerprint density at radius 2 is 2.00 bits per heavy atom. The van der Waals surface area contributed by atoms with E-state index in [0.29, 0.717) is 30.4 Å². The highest BCUT2D eigenvalue weighted by Gasteiger charge is 2.17. The van der Waals surface area contributed by atoms with Gasteiger partial charge in [0.1, 0.15) is 0 Å². The lowest BCUT2D eigenvalue weighted by molar-refractivity contribution is -0.889. The van der Waals surface area contributed by atoms with Crippen LogP contribution in [0.4, 0.5) is 0 Å². The minimum absolute atomic E-state index is 0.0985. The van der Waals surface area contributed by atoms with E-state index in [-0.39, 0.29) is 11.7 Å². The molecule has 24 heavy (non-hydrogen) atoms. The highest BCUT2D eigenvalue weighted by molar-refractivity contribution is 8.77. The maximum atomic E-state index is 11.8. The van der Waals surface area contributed by atoms with E-state index in [2.05, 4.69) is 5.32 Å². The van der Waals surface area contributed by atoms with Gasteiger partial charge in [0.2, 0.25) is 5.91 Å². The molecule has 1 amide bonds. The number of hydrogen-bond donors (Lipinski definition) is 2. The second kappa shape index (κ2) is 10.9. The molecule has 6 nitrogen and oxygen atoms in total. The maximum absolute atomic E-state index is 11.8. The molecule has 1 fully saturated rings. The van der Waals surface area contributed by atoms with Crippen molar-refractivity contribution in [2.45, 2.75) is 43.8 Å². The topological polar surface area (TPSA) is 83.5 Å². The van der Waals surface area contributed by atoms with Gasteiger partial charge >= 0.3 is 0 Å². The number of unbranched alkanes of at least 4 members (excludes halogenated alkanes) is 1. The van der Waals surface area contributed by atoms with Gasteiger partial charge in [0.05, 0.1) is 39.5 Å². The molecule has 1 aliphatic rings. The number of carbonyl (C=O) groups excluding carboxylic acids is 1. The Bertz CT molecular complexity index is 477. The molecular formula is C15H31N2O4S3+. The van der Waals surface area contributed by atoms with E-state index in [1.54, 1.807) is 0 Å². The van der Waals surface area contributed by atoms with E-state index in [1.165, 1.54) is 18.6 Å². The van der Waals surface area contributed by atoms with Gasteiger partial charge in [-0.2, -0.15) is 8.42 Å². The largest absolute Gasteiger partial charge is 0.350 e. The van der Waals surface area contributed by atoms with Crippen LogP contribution >= 0.6 is 21.6 Å². The molecule has 0 saturated carbocycles. The summed E-state index contributed by atoms with van der Waals surface area (Å²) in [6, 6.07) is 0. The minimum atomic E-state index is -3.88. The SMILES string of the molecule is C[N+](C)(CCCS(=O)(=O)O)CCNC(=O)CCCCC1CCSS1. The van der Waals surface area contributed by atoms with Gasteiger partial charge in [0, 0.05) is 23.8 Å². The van der Waals surface area contributed by atoms with Crippen molar-refractivity contribution in [2.24, 2.45) is 0 Å². The lowest BCUT2D eigenvalue weighted by atomic mass is 10.1. The molecule has 0 radical (unpaired) electrons. The smallest absolute Gasteiger partial charge is 0.265 e. The van der Waals surface area contributed by atoms with Gasteiger partial charge in [-0.1, -0.05) is 28.0 Å². The zero-order valence-electron chi connectivity index (χ0n) is 14.7. The number of quaternary nitrogens is 1. The van der Waals surface area contributed by atoms with Gasteiger partial charge in [-0.25, -0.2) is 0 Å². The van der Waals surface area contributed by atoms with Gasteiger partial charge in [0.25, 0.3) is 10.1 Å². The molecular weight excluding hydrogens is 368 g/mol. The fourth-order valence-electron chi connectivity index (χ4n) is 2.60. The first-order chi connectivity index (χ1) is 11.2. The van der Waals surface area contributed by atoms with E-state index < -0.39 is 10.1 Å². The lowest BCUT2D eigenvalue weighted by Gasteiger charge is -2.29. The molecule has 0 aromatic heterocycles. The molecule has 1 aliphatic heterocycles. The third-order valence-corrected chi connectivity index (χ3v) is 7.92. The van der Waals surface area contributed by atoms with Crippen LogP contribution < -0.4 is 5.32 Å². The van der Waals surface area contributed by atoms with Gasteiger partial charge < -0.3 is 9.80 Å². The van der Waals surface area contributed by atoms with Crippen LogP contribution in [0.25, 0.3) is 0 Å². The summed E-state index contributed by atoms with van der Waals surface area (Å²) in [6.45, 7) is 1.98. The molecule has 0 bridgehead atoms. The van der Waals surface area contributed by atoms with Crippen LogP contribution in [0.15, 0.2) is 0 Å². The molecule has 0 spiro atoms. The molecule has 1 atom stereocenters. The normalized spacial score (nSPS) is 18.7. The summed E-state index contributed by atoms with van der Waals surface area (Å²) >= 11 is 0. The Balaban J connectivity index is 2.04. The van der Waals surface area contributed by atoms with Crippen molar-refractivity contribution in [1.29, 1.82) is 0 Å². The number of nitrogens with one attached hydrogen (secondary N) is 1. The lowest BCUT2D eigenvalue weighted by Crippen LogP contribution is -2.46. The summed E-state index contributed by atoms with van der Waals surface area (Å²) in [5.74, 6) is 1.15. The first-order valence-electron chi connectivity index (χ1n) is 8.50. The van der Waals surface area contributed by atoms with Crippen LogP contribution in [0.2, 0.25) is 0 Å². The van der Waals surface area contributed by atoms with E-state index in [9.17, 15) is 13.2 Å². The molecule has 1 saturated heterocycles. The second-order valence-electron chi connectivity index (χ2n) is 6.95. The molecule has 9 heteroatoms. The summed E-state index contributed by atoms with van der Waals surface area (Å²) in [5.41, 5.74) is 0. The van der Waals surface area contributed by atoms with Crippen LogP contribution in [0.3, 0.4) is 0 Å². The Labute approximate surface area is 154 Å². The van der Waals surface area contributed by atoms with Crippen molar-refractivity contribution >= 4 is 37.6 Å². The van der Waals surface area contributed by atoms with Crippen molar-refractivity contribution < 1.29 is 22.2 Å². The van der Waals surface area contributed by atoms with Crippen molar-refractivity contribution in [3.63, 3.8) is 0 Å². The number of nitrogens with zero attached hydrogens (tertiary/aromatic N) is 1. The van der Waals surface area contributed by atoms with Crippen LogP contribution in [-0.2, 0) is 14.9 Å². The predicted molar refractivity (Wildman–Crippen MR) is 103 cm³/mol. The quantitative estimate of drug-likeness (QED) is 0.226. The molecule has 1 heterocycles. The standard InChI is InChI=1S/C15H30N2O4S3/c1-17(2,10-5-13-24(19,20)21)11-9-16-15(18)7-4-3-6-14-8-12-22-23-14/h14H,3-13H2,1-2H3,(H-,16,18,19,20,21)/p+1. The fraction of sp³-hybridized carbons (Fsp3) is 0.933. The number of carbonyl (C=O) groups is 1. The Morgan fingerprint density at radius 1 is 1.25 bits per heavy atom. The van der Waals surface area contributed by atoms with Crippen LogP contribution in [-0.4, -0.2) is 73.8 Å². The third-order valence-electron chi connectivity index (χ3n) is 4.11. The van der Waals surface area contributed by atoms with Gasteiger partial charge in [-0.3, -0.25) is 9.35 Å². The highest BCUT2D eigenvalue weighted by atomic mass is 33.1. The molecule has 0 aromatic rings. The molecule has 1 unspecified atom stereocenters. The van der Waals surface area contributed by atoms with Gasteiger partial charge in [-0.15, -0.1) is 0 Å². The van der Waals surface area contributed by atoms with E-state index in [1.807, 2.05) is 35.7 Å². The molecule has 1 rings (SSSR count). The van der Waals surface area contributed by atoms with Crippen LogP contribution in [0, 0.1) is 0 Å². The number of hydrogen-bond acceptors (Lipinski definition) is 5. The molecule has 2 N–H and O–H groups in total. The molecule has 142 valence electrons. The summed E-state index contributed by atoms with van der Waals surface area (Å²) in [5, 5.41) is 3.72. The summed E-state index contributed by atoms with van der Waals surface area (Å²) < 4.78 is 30.8. The summed E-state index contributed by atoms with van der Waals surface area (Å²) in [7, 11) is 4.05. The van der Waals surface area contributed by atoms with Crippen molar-refractivity contribution in [3.05, 3.63) is 0 Å². The third kappa shape index (κ3) is 11.6. The first kappa shape index (κ1) is 22.1. The highest BCUT2D eigenvalue weighted by Crippen LogP contribution is 2.39. The monoisotopic (exact) mass is 399 g/mol. The van der Waals surface area contributed by atoms with E-state index >= 15 is 0 Å². The predicted octanol–water partition coefficient (Wildman–Crippen LogP) is 2.17. The van der Waals surface area contributed by atoms with Crippen LogP contribution in [0.5, 0.6) is 0 Å². The Morgan fingerprint density at radius 3 is 2.62 bits per heavy atom. The average molecular weight is 400 g/mol. The molecule has 0 aromatic carbocycles. The zero-order chi connectivity index (χ0) is 18.1. The van der Waals surface area contributed by atoms with Crippen molar-refractivity contribution in [2.75, 3.05) is 45.2 Å². The van der Waals surface area contributed by atoms with Gasteiger partial charge in [0.15, 0.2) is 0 Å². The molecule has 0 aliphatic carbocycles. The average Bonchev–Trinajstić information content (AvgIpc) is 2.95. The Hall–Kier alpha value is 0.0400. The summed E-state index contributed by atoms with van der Waals surface area (Å²) in [6.07, 6.45) is 5.57. The van der Waals surface area contributed by atoms with Gasteiger partial charge in [-0.05, 0) is 19.3 Å². The maximum Gasteiger partial charge on any atom is 0.265 e. The second-order valence-corrected chi connectivity index (χ2v) is 11.3.